The molecule has 6 heteroatoms. The zero-order valence-corrected chi connectivity index (χ0v) is 14.7. The predicted molar refractivity (Wildman–Crippen MR) is 90.5 cm³/mol. The Morgan fingerprint density at radius 3 is 2.82 bits per heavy atom. The summed E-state index contributed by atoms with van der Waals surface area (Å²) in [6, 6.07) is 2.14. The molecular weight excluding hydrogens is 300 g/mol. The molecule has 22 heavy (non-hydrogen) atoms. The Hall–Kier alpha value is -1.20. The van der Waals surface area contributed by atoms with E-state index in [1.54, 1.807) is 0 Å². The van der Waals surface area contributed by atoms with Crippen LogP contribution in [-0.2, 0) is 6.42 Å². The Balaban J connectivity index is 0.00000242. The molecule has 1 amide bonds. The number of piperidine rings is 1. The Bertz CT molecular complexity index is 519. The number of aryl methyl sites for hydroxylation is 2. The molecule has 1 aliphatic heterocycles. The average Bonchev–Trinajstić information content (AvgIpc) is 2.45. The van der Waals surface area contributed by atoms with E-state index in [9.17, 15) is 4.79 Å². The van der Waals surface area contributed by atoms with Gasteiger partial charge in [-0.1, -0.05) is 20.8 Å². The number of hydrogen-bond acceptors (Lipinski definition) is 4. The molecule has 1 fully saturated rings. The zero-order valence-electron chi connectivity index (χ0n) is 13.9. The van der Waals surface area contributed by atoms with Gasteiger partial charge in [-0.05, 0) is 44.2 Å². The van der Waals surface area contributed by atoms with E-state index in [4.69, 9.17) is 0 Å². The first-order valence-electron chi connectivity index (χ1n) is 7.79. The van der Waals surface area contributed by atoms with E-state index in [0.29, 0.717) is 24.6 Å². The maximum atomic E-state index is 12.4. The van der Waals surface area contributed by atoms with Gasteiger partial charge in [0.2, 0.25) is 0 Å². The molecule has 1 saturated heterocycles. The Kier molecular flexibility index (Phi) is 6.75. The minimum atomic E-state index is -0.0481. The van der Waals surface area contributed by atoms with Crippen LogP contribution in [0.2, 0.25) is 0 Å². The molecule has 0 aliphatic carbocycles. The first kappa shape index (κ1) is 18.8. The van der Waals surface area contributed by atoms with E-state index in [2.05, 4.69) is 34.7 Å². The van der Waals surface area contributed by atoms with E-state index in [1.807, 2.05) is 19.9 Å². The Morgan fingerprint density at radius 2 is 2.18 bits per heavy atom. The lowest BCUT2D eigenvalue weighted by Crippen LogP contribution is -2.52. The summed E-state index contributed by atoms with van der Waals surface area (Å²) in [5.41, 5.74) is 2.40. The predicted octanol–water partition coefficient (Wildman–Crippen LogP) is 2.28. The fraction of sp³-hybridized carbons (Fsp3) is 0.688. The van der Waals surface area contributed by atoms with Gasteiger partial charge in [-0.15, -0.1) is 12.4 Å². The first-order valence-corrected chi connectivity index (χ1v) is 7.79. The number of halogens is 1. The lowest BCUT2D eigenvalue weighted by molar-refractivity contribution is 0.0927. The smallest absolute Gasteiger partial charge is 0.253 e. The number of carbonyl (C=O) groups excluding carboxylic acids is 1. The second-order valence-corrected chi connectivity index (χ2v) is 6.51. The number of nitrogens with zero attached hydrogens (tertiary/aromatic N) is 2. The minimum Gasteiger partial charge on any atom is -0.350 e. The molecule has 0 saturated carbocycles. The van der Waals surface area contributed by atoms with Gasteiger partial charge in [0.1, 0.15) is 0 Å². The Labute approximate surface area is 139 Å². The summed E-state index contributed by atoms with van der Waals surface area (Å²) in [5, 5.41) is 14.7. The van der Waals surface area contributed by atoms with Crippen LogP contribution in [0.5, 0.6) is 0 Å². The van der Waals surface area contributed by atoms with Crippen molar-refractivity contribution < 1.29 is 4.79 Å². The van der Waals surface area contributed by atoms with Crippen molar-refractivity contribution >= 4 is 18.3 Å². The maximum absolute atomic E-state index is 12.4. The number of amides is 1. The summed E-state index contributed by atoms with van der Waals surface area (Å²) in [7, 11) is 0. The third-order valence-electron chi connectivity index (χ3n) is 4.37. The van der Waals surface area contributed by atoms with E-state index < -0.39 is 0 Å². The monoisotopic (exact) mass is 326 g/mol. The van der Waals surface area contributed by atoms with Gasteiger partial charge in [0.15, 0.2) is 0 Å². The number of aromatic nitrogens is 2. The summed E-state index contributed by atoms with van der Waals surface area (Å²) >= 11 is 0. The van der Waals surface area contributed by atoms with Crippen LogP contribution in [0, 0.1) is 12.3 Å². The van der Waals surface area contributed by atoms with Crippen molar-refractivity contribution in [3.8, 4) is 0 Å². The third kappa shape index (κ3) is 4.40. The summed E-state index contributed by atoms with van der Waals surface area (Å²) in [6.45, 7) is 10.0. The summed E-state index contributed by atoms with van der Waals surface area (Å²) in [5.74, 6) is -0.0481. The van der Waals surface area contributed by atoms with Gasteiger partial charge >= 0.3 is 0 Å². The summed E-state index contributed by atoms with van der Waals surface area (Å²) in [4.78, 5) is 12.4. The van der Waals surface area contributed by atoms with Crippen LogP contribution >= 0.6 is 12.4 Å². The lowest BCUT2D eigenvalue weighted by atomic mass is 9.77. The fourth-order valence-corrected chi connectivity index (χ4v) is 2.88. The van der Waals surface area contributed by atoms with Gasteiger partial charge < -0.3 is 10.6 Å². The van der Waals surface area contributed by atoms with Crippen LogP contribution in [0.15, 0.2) is 6.07 Å². The maximum Gasteiger partial charge on any atom is 0.253 e. The fourth-order valence-electron chi connectivity index (χ4n) is 2.88. The molecular formula is C16H27ClN4O. The highest BCUT2D eigenvalue weighted by Crippen LogP contribution is 2.29. The highest BCUT2D eigenvalue weighted by Gasteiger charge is 2.32. The van der Waals surface area contributed by atoms with Crippen LogP contribution in [0.1, 0.15) is 55.4 Å². The van der Waals surface area contributed by atoms with Crippen molar-refractivity contribution in [3.63, 3.8) is 0 Å². The molecule has 2 N–H and O–H groups in total. The third-order valence-corrected chi connectivity index (χ3v) is 4.37. The van der Waals surface area contributed by atoms with Gasteiger partial charge in [-0.3, -0.25) is 4.79 Å². The summed E-state index contributed by atoms with van der Waals surface area (Å²) in [6.07, 6.45) is 3.10. The number of nitrogens with one attached hydrogen (secondary N) is 2. The molecule has 0 radical (unpaired) electrons. The second kappa shape index (κ2) is 7.88. The molecule has 1 aromatic heterocycles. The van der Waals surface area contributed by atoms with Crippen molar-refractivity contribution in [1.29, 1.82) is 0 Å². The molecule has 1 aliphatic rings. The van der Waals surface area contributed by atoms with E-state index in [1.165, 1.54) is 12.8 Å². The van der Waals surface area contributed by atoms with Gasteiger partial charge in [-0.25, -0.2) is 0 Å². The molecule has 2 heterocycles. The highest BCUT2D eigenvalue weighted by atomic mass is 35.5. The van der Waals surface area contributed by atoms with Crippen molar-refractivity contribution in [2.45, 2.75) is 53.0 Å². The SMILES string of the molecule is CCc1nnc(C)cc1C(=O)NCC1NCCCC1(C)C.Cl. The van der Waals surface area contributed by atoms with Gasteiger partial charge in [-0.2, -0.15) is 10.2 Å². The van der Waals surface area contributed by atoms with Crippen LogP contribution in [0.4, 0.5) is 0 Å². The van der Waals surface area contributed by atoms with E-state index >= 15 is 0 Å². The molecule has 0 aromatic carbocycles. The first-order chi connectivity index (χ1) is 9.94. The van der Waals surface area contributed by atoms with E-state index in [0.717, 1.165) is 17.9 Å². The van der Waals surface area contributed by atoms with Crippen molar-refractivity contribution in [3.05, 3.63) is 23.0 Å². The quantitative estimate of drug-likeness (QED) is 0.890. The van der Waals surface area contributed by atoms with E-state index in [-0.39, 0.29) is 23.7 Å². The molecule has 0 bridgehead atoms. The van der Waals surface area contributed by atoms with Gasteiger partial charge in [0.25, 0.3) is 5.91 Å². The average molecular weight is 327 g/mol. The van der Waals surface area contributed by atoms with Gasteiger partial charge in [0.05, 0.1) is 17.0 Å². The normalized spacial score (nSPS) is 20.1. The van der Waals surface area contributed by atoms with Crippen molar-refractivity contribution in [2.75, 3.05) is 13.1 Å². The molecule has 5 nitrogen and oxygen atoms in total. The zero-order chi connectivity index (χ0) is 15.5. The highest BCUT2D eigenvalue weighted by molar-refractivity contribution is 5.95. The molecule has 1 aromatic rings. The number of carbonyl (C=O) groups is 1. The van der Waals surface area contributed by atoms with Crippen LogP contribution < -0.4 is 10.6 Å². The molecule has 1 unspecified atom stereocenters. The van der Waals surface area contributed by atoms with Crippen molar-refractivity contribution in [1.82, 2.24) is 20.8 Å². The lowest BCUT2D eigenvalue weighted by Gasteiger charge is -2.39. The van der Waals surface area contributed by atoms with Crippen LogP contribution in [0.3, 0.4) is 0 Å². The molecule has 1 atom stereocenters. The number of rotatable bonds is 4. The van der Waals surface area contributed by atoms with Crippen LogP contribution in [-0.4, -0.2) is 35.2 Å². The molecule has 2 rings (SSSR count). The molecule has 124 valence electrons. The van der Waals surface area contributed by atoms with Crippen molar-refractivity contribution in [2.24, 2.45) is 5.41 Å². The topological polar surface area (TPSA) is 66.9 Å². The minimum absolute atomic E-state index is 0. The molecule has 0 spiro atoms. The number of hydrogen-bond donors (Lipinski definition) is 2. The summed E-state index contributed by atoms with van der Waals surface area (Å²) < 4.78 is 0. The standard InChI is InChI=1S/C16H26N4O.ClH/c1-5-13-12(9-11(2)19-20-13)15(21)18-10-14-16(3,4)7-6-8-17-14;/h9,14,17H,5-8,10H2,1-4H3,(H,18,21);1H. The largest absolute Gasteiger partial charge is 0.350 e. The van der Waals surface area contributed by atoms with Gasteiger partial charge in [0, 0.05) is 12.6 Å². The van der Waals surface area contributed by atoms with Crippen LogP contribution in [0.25, 0.3) is 0 Å². The second-order valence-electron chi connectivity index (χ2n) is 6.51. The Morgan fingerprint density at radius 1 is 1.45 bits per heavy atom.